The van der Waals surface area contributed by atoms with Crippen LogP contribution < -0.4 is 11.1 Å². The van der Waals surface area contributed by atoms with Crippen LogP contribution in [-0.4, -0.2) is 21.5 Å². The molecule has 0 saturated carbocycles. The number of rotatable bonds is 5. The fourth-order valence-corrected chi connectivity index (χ4v) is 2.61. The molecule has 0 aliphatic rings. The number of carbonyl (C=O) groups excluding carboxylic acids is 1. The highest BCUT2D eigenvalue weighted by atomic mass is 16.4. The van der Waals surface area contributed by atoms with Gasteiger partial charge in [-0.15, -0.1) is 0 Å². The Hall–Kier alpha value is -2.89. The Morgan fingerprint density at radius 2 is 2.17 bits per heavy atom. The van der Waals surface area contributed by atoms with Crippen molar-refractivity contribution in [2.45, 2.75) is 32.9 Å². The van der Waals surface area contributed by atoms with Gasteiger partial charge in [0.05, 0.1) is 6.54 Å². The number of aryl methyl sites for hydroxylation is 1. The van der Waals surface area contributed by atoms with Crippen molar-refractivity contribution in [3.63, 3.8) is 0 Å². The number of nitrogens with zero attached hydrogens (tertiary/aromatic N) is 2. The van der Waals surface area contributed by atoms with Gasteiger partial charge >= 0.3 is 5.76 Å². The van der Waals surface area contributed by atoms with Crippen LogP contribution >= 0.6 is 0 Å². The molecule has 1 aromatic carbocycles. The van der Waals surface area contributed by atoms with Gasteiger partial charge in [0.25, 0.3) is 5.91 Å². The summed E-state index contributed by atoms with van der Waals surface area (Å²) in [5.41, 5.74) is 2.57. The van der Waals surface area contributed by atoms with Gasteiger partial charge in [-0.05, 0) is 37.6 Å². The van der Waals surface area contributed by atoms with Gasteiger partial charge in [0.15, 0.2) is 11.2 Å². The molecule has 1 atom stereocenters. The summed E-state index contributed by atoms with van der Waals surface area (Å²) in [6, 6.07) is 10.6. The monoisotopic (exact) mass is 325 g/mol. The zero-order valence-electron chi connectivity index (χ0n) is 13.7. The molecule has 6 nitrogen and oxygen atoms in total. The average Bonchev–Trinajstić information content (AvgIpc) is 2.89. The van der Waals surface area contributed by atoms with Crippen molar-refractivity contribution >= 4 is 17.1 Å². The van der Waals surface area contributed by atoms with Crippen molar-refractivity contribution in [1.29, 1.82) is 0 Å². The van der Waals surface area contributed by atoms with Crippen LogP contribution in [0.15, 0.2) is 51.8 Å². The Morgan fingerprint density at radius 3 is 2.92 bits per heavy atom. The summed E-state index contributed by atoms with van der Waals surface area (Å²) in [6.45, 7) is 4.22. The molecule has 1 N–H and O–H groups in total. The minimum absolute atomic E-state index is 0.153. The van der Waals surface area contributed by atoms with Gasteiger partial charge in [0, 0.05) is 17.8 Å². The molecule has 0 aliphatic heterocycles. The molecule has 0 spiro atoms. The maximum Gasteiger partial charge on any atom is 0.421 e. The van der Waals surface area contributed by atoms with Gasteiger partial charge in [-0.3, -0.25) is 9.36 Å². The third kappa shape index (κ3) is 3.22. The summed E-state index contributed by atoms with van der Waals surface area (Å²) in [5, 5.41) is 2.97. The Balaban J connectivity index is 1.80. The topological polar surface area (TPSA) is 77.1 Å². The molecular weight excluding hydrogens is 306 g/mol. The molecule has 0 radical (unpaired) electrons. The normalized spacial score (nSPS) is 12.2. The lowest BCUT2D eigenvalue weighted by Crippen LogP contribution is -2.39. The Labute approximate surface area is 139 Å². The Bertz CT molecular complexity index is 926. The van der Waals surface area contributed by atoms with Gasteiger partial charge in [0.1, 0.15) is 0 Å². The standard InChI is InChI=1S/C18H19N3O3/c1-3-14(20-17(22)13-7-4-6-12(2)10-13)11-21-16-15(24-18(21)23)8-5-9-19-16/h4-10,14H,3,11H2,1-2H3,(H,20,22)/t14-/m1/s1. The number of benzene rings is 1. The van der Waals surface area contributed by atoms with Gasteiger partial charge in [0.2, 0.25) is 0 Å². The molecule has 0 aliphatic carbocycles. The van der Waals surface area contributed by atoms with Crippen molar-refractivity contribution in [3.8, 4) is 0 Å². The molecule has 124 valence electrons. The minimum atomic E-state index is -0.466. The third-order valence-corrected chi connectivity index (χ3v) is 3.94. The number of nitrogens with one attached hydrogen (secondary N) is 1. The second kappa shape index (κ2) is 6.70. The summed E-state index contributed by atoms with van der Waals surface area (Å²) in [7, 11) is 0. The number of amides is 1. The molecule has 3 rings (SSSR count). The number of carbonyl (C=O) groups is 1. The summed E-state index contributed by atoms with van der Waals surface area (Å²) in [4.78, 5) is 28.6. The number of pyridine rings is 1. The molecule has 0 unspecified atom stereocenters. The minimum Gasteiger partial charge on any atom is -0.406 e. The van der Waals surface area contributed by atoms with Gasteiger partial charge in [-0.2, -0.15) is 0 Å². The molecule has 6 heteroatoms. The first kappa shape index (κ1) is 16.0. The second-order valence-corrected chi connectivity index (χ2v) is 5.75. The highest BCUT2D eigenvalue weighted by molar-refractivity contribution is 5.94. The maximum absolute atomic E-state index is 12.4. The second-order valence-electron chi connectivity index (χ2n) is 5.75. The predicted molar refractivity (Wildman–Crippen MR) is 91.0 cm³/mol. The first-order valence-corrected chi connectivity index (χ1v) is 7.90. The summed E-state index contributed by atoms with van der Waals surface area (Å²) >= 11 is 0. The highest BCUT2D eigenvalue weighted by Gasteiger charge is 2.17. The van der Waals surface area contributed by atoms with E-state index in [2.05, 4.69) is 10.3 Å². The maximum atomic E-state index is 12.4. The molecular formula is C18H19N3O3. The van der Waals surface area contributed by atoms with Gasteiger partial charge in [-0.1, -0.05) is 24.6 Å². The van der Waals surface area contributed by atoms with Crippen LogP contribution in [0.2, 0.25) is 0 Å². The molecule has 3 aromatic rings. The van der Waals surface area contributed by atoms with Crippen LogP contribution in [0.5, 0.6) is 0 Å². The van der Waals surface area contributed by atoms with E-state index < -0.39 is 5.76 Å². The first-order valence-electron chi connectivity index (χ1n) is 7.90. The van der Waals surface area contributed by atoms with Crippen molar-refractivity contribution in [3.05, 3.63) is 64.3 Å². The molecule has 0 bridgehead atoms. The summed E-state index contributed by atoms with van der Waals surface area (Å²) in [5.74, 6) is -0.619. The lowest BCUT2D eigenvalue weighted by atomic mass is 10.1. The van der Waals surface area contributed by atoms with E-state index in [0.717, 1.165) is 5.56 Å². The summed E-state index contributed by atoms with van der Waals surface area (Å²) < 4.78 is 6.64. The van der Waals surface area contributed by atoms with Crippen molar-refractivity contribution < 1.29 is 9.21 Å². The highest BCUT2D eigenvalue weighted by Crippen LogP contribution is 2.10. The number of hydrogen-bond acceptors (Lipinski definition) is 4. The van der Waals surface area contributed by atoms with E-state index in [4.69, 9.17) is 4.42 Å². The largest absolute Gasteiger partial charge is 0.421 e. The van der Waals surface area contributed by atoms with Crippen LogP contribution in [0.4, 0.5) is 0 Å². The number of oxazole rings is 1. The van der Waals surface area contributed by atoms with Crippen LogP contribution in [0.25, 0.3) is 11.2 Å². The quantitative estimate of drug-likeness (QED) is 0.782. The molecule has 24 heavy (non-hydrogen) atoms. The van der Waals surface area contributed by atoms with E-state index in [9.17, 15) is 9.59 Å². The average molecular weight is 325 g/mol. The lowest BCUT2D eigenvalue weighted by molar-refractivity contribution is 0.0931. The number of hydrogen-bond donors (Lipinski definition) is 1. The van der Waals surface area contributed by atoms with Crippen molar-refractivity contribution in [2.75, 3.05) is 0 Å². The van der Waals surface area contributed by atoms with Crippen LogP contribution in [0.1, 0.15) is 29.3 Å². The number of aromatic nitrogens is 2. The molecule has 2 heterocycles. The number of fused-ring (bicyclic) bond motifs is 1. The van der Waals surface area contributed by atoms with Gasteiger partial charge < -0.3 is 9.73 Å². The Morgan fingerprint density at radius 1 is 1.33 bits per heavy atom. The first-order chi connectivity index (χ1) is 11.6. The fraction of sp³-hybridized carbons (Fsp3) is 0.278. The SMILES string of the molecule is CC[C@H](Cn1c(=O)oc2cccnc21)NC(=O)c1cccc(C)c1. The van der Waals surface area contributed by atoms with E-state index in [-0.39, 0.29) is 11.9 Å². The van der Waals surface area contributed by atoms with Crippen molar-refractivity contribution in [1.82, 2.24) is 14.9 Å². The Kier molecular flexibility index (Phi) is 4.46. The zero-order chi connectivity index (χ0) is 17.1. The van der Waals surface area contributed by atoms with Crippen LogP contribution in [0.3, 0.4) is 0 Å². The summed E-state index contributed by atoms with van der Waals surface area (Å²) in [6.07, 6.45) is 2.30. The lowest BCUT2D eigenvalue weighted by Gasteiger charge is -2.17. The van der Waals surface area contributed by atoms with E-state index in [1.807, 2.05) is 32.0 Å². The molecule has 1 amide bonds. The van der Waals surface area contributed by atoms with E-state index in [0.29, 0.717) is 29.8 Å². The van der Waals surface area contributed by atoms with Crippen LogP contribution in [-0.2, 0) is 6.54 Å². The molecule has 2 aromatic heterocycles. The van der Waals surface area contributed by atoms with Crippen LogP contribution in [0, 0.1) is 6.92 Å². The van der Waals surface area contributed by atoms with Crippen molar-refractivity contribution in [2.24, 2.45) is 0 Å². The van der Waals surface area contributed by atoms with Gasteiger partial charge in [-0.25, -0.2) is 9.78 Å². The zero-order valence-corrected chi connectivity index (χ0v) is 13.7. The predicted octanol–water partition coefficient (Wildman–Crippen LogP) is 2.51. The fourth-order valence-electron chi connectivity index (χ4n) is 2.61. The van der Waals surface area contributed by atoms with E-state index in [1.54, 1.807) is 24.4 Å². The molecule has 0 saturated heterocycles. The van der Waals surface area contributed by atoms with E-state index >= 15 is 0 Å². The molecule has 0 fully saturated rings. The van der Waals surface area contributed by atoms with E-state index in [1.165, 1.54) is 4.57 Å². The smallest absolute Gasteiger partial charge is 0.406 e. The third-order valence-electron chi connectivity index (χ3n) is 3.94.